The number of nitrogens with zero attached hydrogens (tertiary/aromatic N) is 1. The minimum Gasteiger partial charge on any atom is -0.454 e. The molecule has 8 nitrogen and oxygen atoms in total. The van der Waals surface area contributed by atoms with Crippen molar-refractivity contribution in [2.24, 2.45) is 4.99 Å². The Morgan fingerprint density at radius 2 is 1.82 bits per heavy atom. The molecular weight excluding hydrogens is 382 g/mol. The Morgan fingerprint density at radius 3 is 2.54 bits per heavy atom. The lowest BCUT2D eigenvalue weighted by molar-refractivity contribution is -0.148. The van der Waals surface area contributed by atoms with Crippen molar-refractivity contribution in [3.63, 3.8) is 0 Å². The van der Waals surface area contributed by atoms with Gasteiger partial charge in [-0.1, -0.05) is 29.8 Å². The maximum Gasteiger partial charge on any atom is 0.331 e. The number of esters is 1. The van der Waals surface area contributed by atoms with Crippen molar-refractivity contribution in [2.75, 3.05) is 11.9 Å². The third kappa shape index (κ3) is 4.37. The third-order valence-electron chi connectivity index (χ3n) is 4.01. The van der Waals surface area contributed by atoms with Crippen LogP contribution in [0.15, 0.2) is 58.4 Å². The highest BCUT2D eigenvalue weighted by Gasteiger charge is 2.31. The number of amides is 1. The number of carbonyl (C=O) groups is 2. The van der Waals surface area contributed by atoms with E-state index in [1.165, 1.54) is 13.0 Å². The Hall–Kier alpha value is -3.20. The maximum atomic E-state index is 12.1. The van der Waals surface area contributed by atoms with Gasteiger partial charge < -0.3 is 10.1 Å². The monoisotopic (exact) mass is 401 g/mol. The second-order valence-electron chi connectivity index (χ2n) is 6.28. The van der Waals surface area contributed by atoms with Gasteiger partial charge in [0.2, 0.25) is 0 Å². The second kappa shape index (κ2) is 7.81. The van der Waals surface area contributed by atoms with Crippen LogP contribution in [0.4, 0.5) is 5.69 Å². The summed E-state index contributed by atoms with van der Waals surface area (Å²) in [5, 5.41) is 2.62. The minimum absolute atomic E-state index is 0.0733. The Kier molecular flexibility index (Phi) is 5.46. The van der Waals surface area contributed by atoms with Crippen LogP contribution in [0.3, 0.4) is 0 Å². The zero-order chi connectivity index (χ0) is 20.3. The molecule has 1 atom stereocenters. The summed E-state index contributed by atoms with van der Waals surface area (Å²) in [6, 6.07) is 12.5. The van der Waals surface area contributed by atoms with Gasteiger partial charge in [0, 0.05) is 11.3 Å². The van der Waals surface area contributed by atoms with E-state index < -0.39 is 34.5 Å². The van der Waals surface area contributed by atoms with Crippen LogP contribution in [0.1, 0.15) is 18.1 Å². The summed E-state index contributed by atoms with van der Waals surface area (Å²) in [5.74, 6) is -1.15. The first kappa shape index (κ1) is 19.6. The third-order valence-corrected chi connectivity index (χ3v) is 5.40. The van der Waals surface area contributed by atoms with Crippen molar-refractivity contribution >= 4 is 33.4 Å². The molecule has 2 N–H and O–H groups in total. The molecule has 0 fully saturated rings. The number of fused-ring (bicyclic) bond motifs is 1. The molecule has 0 saturated carbocycles. The van der Waals surface area contributed by atoms with Crippen LogP contribution in [0.25, 0.3) is 0 Å². The first-order valence-electron chi connectivity index (χ1n) is 8.49. The summed E-state index contributed by atoms with van der Waals surface area (Å²) in [7, 11) is -3.69. The number of benzene rings is 2. The van der Waals surface area contributed by atoms with Crippen molar-refractivity contribution in [1.82, 2.24) is 4.72 Å². The maximum absolute atomic E-state index is 12.1. The molecule has 1 heterocycles. The molecule has 1 amide bonds. The molecule has 1 aliphatic heterocycles. The van der Waals surface area contributed by atoms with Gasteiger partial charge in [0.05, 0.1) is 4.90 Å². The molecule has 9 heteroatoms. The van der Waals surface area contributed by atoms with Gasteiger partial charge in [-0.05, 0) is 38.1 Å². The van der Waals surface area contributed by atoms with E-state index >= 15 is 0 Å². The molecule has 0 aromatic heterocycles. The van der Waals surface area contributed by atoms with Crippen LogP contribution < -0.4 is 10.0 Å². The van der Waals surface area contributed by atoms with E-state index in [9.17, 15) is 18.0 Å². The summed E-state index contributed by atoms with van der Waals surface area (Å²) in [6.07, 6.45) is 0. The summed E-state index contributed by atoms with van der Waals surface area (Å²) < 4.78 is 31.4. The Morgan fingerprint density at radius 1 is 1.14 bits per heavy atom. The van der Waals surface area contributed by atoms with E-state index in [1.807, 2.05) is 19.1 Å². The molecule has 3 rings (SSSR count). The fourth-order valence-electron chi connectivity index (χ4n) is 2.57. The smallest absolute Gasteiger partial charge is 0.331 e. The predicted octanol–water partition coefficient (Wildman–Crippen LogP) is 1.60. The summed E-state index contributed by atoms with van der Waals surface area (Å²) in [5.41, 5.74) is 2.04. The van der Waals surface area contributed by atoms with Gasteiger partial charge in [0.1, 0.15) is 11.9 Å². The van der Waals surface area contributed by atoms with E-state index in [2.05, 4.69) is 15.0 Å². The van der Waals surface area contributed by atoms with Crippen LogP contribution in [-0.4, -0.2) is 38.8 Å². The Labute approximate surface area is 162 Å². The molecule has 146 valence electrons. The lowest BCUT2D eigenvalue weighted by Crippen LogP contribution is -2.28. The normalized spacial score (nSPS) is 16.7. The van der Waals surface area contributed by atoms with Gasteiger partial charge in [0.25, 0.3) is 15.9 Å². The van der Waals surface area contributed by atoms with Crippen LogP contribution in [0.5, 0.6) is 0 Å². The number of amidine groups is 1. The average Bonchev–Trinajstić information content (AvgIpc) is 2.92. The molecule has 0 saturated heterocycles. The number of rotatable bonds is 5. The average molecular weight is 401 g/mol. The minimum atomic E-state index is -3.69. The summed E-state index contributed by atoms with van der Waals surface area (Å²) in [4.78, 5) is 28.2. The van der Waals surface area contributed by atoms with Gasteiger partial charge in [-0.2, -0.15) is 0 Å². The lowest BCUT2D eigenvalue weighted by atomic mass is 10.2. The number of carbonyl (C=O) groups excluding carboxylic acids is 2. The molecule has 1 aliphatic rings. The molecular formula is C19H19N3O5S. The van der Waals surface area contributed by atoms with Crippen molar-refractivity contribution in [2.45, 2.75) is 24.8 Å². The first-order valence-corrected chi connectivity index (χ1v) is 9.98. The zero-order valence-electron chi connectivity index (χ0n) is 15.3. The van der Waals surface area contributed by atoms with Crippen molar-refractivity contribution in [3.8, 4) is 0 Å². The number of ether oxygens (including phenoxy) is 1. The van der Waals surface area contributed by atoms with Crippen LogP contribution in [0.2, 0.25) is 0 Å². The fraction of sp³-hybridized carbons (Fsp3) is 0.211. The zero-order valence-corrected chi connectivity index (χ0v) is 16.1. The number of aliphatic imine (C=N–C) groups is 1. The molecule has 2 aromatic carbocycles. The van der Waals surface area contributed by atoms with Crippen molar-refractivity contribution in [1.29, 1.82) is 0 Å². The summed E-state index contributed by atoms with van der Waals surface area (Å²) in [6.45, 7) is 2.92. The van der Waals surface area contributed by atoms with Crippen molar-refractivity contribution < 1.29 is 22.7 Å². The Bertz CT molecular complexity index is 1050. The standard InChI is InChI=1S/C19H19N3O5S/c1-12-7-9-14(10-8-12)21-17(23)11-27-19(24)13(2)20-18-15-5-3-4-6-16(15)28(25,26)22-18/h3-10,13H,11H2,1-2H3,(H,20,22)(H,21,23)/t13-/m1/s1. The molecule has 0 spiro atoms. The van der Waals surface area contributed by atoms with E-state index in [1.54, 1.807) is 30.3 Å². The topological polar surface area (TPSA) is 114 Å². The molecule has 2 aromatic rings. The Balaban J connectivity index is 1.60. The highest BCUT2D eigenvalue weighted by Crippen LogP contribution is 2.22. The summed E-state index contributed by atoms with van der Waals surface area (Å²) >= 11 is 0. The van der Waals surface area contributed by atoms with E-state index in [-0.39, 0.29) is 10.7 Å². The molecule has 28 heavy (non-hydrogen) atoms. The van der Waals surface area contributed by atoms with Gasteiger partial charge in [-0.3, -0.25) is 14.5 Å². The SMILES string of the molecule is Cc1ccc(NC(=O)COC(=O)[C@@H](C)N=C2NS(=O)(=O)c3ccccc32)cc1. The largest absolute Gasteiger partial charge is 0.454 e. The van der Waals surface area contributed by atoms with Crippen molar-refractivity contribution in [3.05, 3.63) is 59.7 Å². The van der Waals surface area contributed by atoms with Gasteiger partial charge in [-0.15, -0.1) is 0 Å². The number of aryl methyl sites for hydroxylation is 1. The predicted molar refractivity (Wildman–Crippen MR) is 104 cm³/mol. The lowest BCUT2D eigenvalue weighted by Gasteiger charge is -2.10. The van der Waals surface area contributed by atoms with Crippen LogP contribution in [0, 0.1) is 6.92 Å². The highest BCUT2D eigenvalue weighted by molar-refractivity contribution is 7.90. The molecule has 0 unspecified atom stereocenters. The molecule has 0 radical (unpaired) electrons. The number of anilines is 1. The molecule has 0 aliphatic carbocycles. The number of nitrogens with one attached hydrogen (secondary N) is 2. The van der Waals surface area contributed by atoms with Crippen LogP contribution in [-0.2, 0) is 24.3 Å². The first-order chi connectivity index (χ1) is 13.3. The van der Waals surface area contributed by atoms with Gasteiger partial charge in [0.15, 0.2) is 6.61 Å². The van der Waals surface area contributed by atoms with Crippen LogP contribution >= 0.6 is 0 Å². The van der Waals surface area contributed by atoms with E-state index in [4.69, 9.17) is 4.74 Å². The fourth-order valence-corrected chi connectivity index (χ4v) is 3.81. The quantitative estimate of drug-likeness (QED) is 0.739. The number of hydrogen-bond acceptors (Lipinski definition) is 6. The second-order valence-corrected chi connectivity index (χ2v) is 7.93. The van der Waals surface area contributed by atoms with E-state index in [0.717, 1.165) is 5.56 Å². The highest BCUT2D eigenvalue weighted by atomic mass is 32.2. The number of sulfonamides is 1. The molecule has 0 bridgehead atoms. The number of hydrogen-bond donors (Lipinski definition) is 2. The van der Waals surface area contributed by atoms with Gasteiger partial charge in [-0.25, -0.2) is 13.2 Å². The van der Waals surface area contributed by atoms with E-state index in [0.29, 0.717) is 11.3 Å². The van der Waals surface area contributed by atoms with Gasteiger partial charge >= 0.3 is 5.97 Å².